The van der Waals surface area contributed by atoms with E-state index < -0.39 is 6.04 Å². The molecule has 0 fully saturated rings. The average Bonchev–Trinajstić information content (AvgIpc) is 2.27. The van der Waals surface area contributed by atoms with Crippen molar-refractivity contribution in [2.75, 3.05) is 20.2 Å². The molecular formula is C11H22N2O3. The molecule has 0 aliphatic carbocycles. The van der Waals surface area contributed by atoms with Crippen molar-refractivity contribution in [3.8, 4) is 0 Å². The van der Waals surface area contributed by atoms with Crippen LogP contribution >= 0.6 is 0 Å². The maximum atomic E-state index is 11.9. The first-order valence-electron chi connectivity index (χ1n) is 5.55. The highest BCUT2D eigenvalue weighted by Gasteiger charge is 2.22. The summed E-state index contributed by atoms with van der Waals surface area (Å²) in [4.78, 5) is 24.4. The smallest absolute Gasteiger partial charge is 0.307 e. The van der Waals surface area contributed by atoms with Crippen LogP contribution in [0.25, 0.3) is 0 Å². The summed E-state index contributed by atoms with van der Waals surface area (Å²) in [7, 11) is 1.33. The molecule has 2 N–H and O–H groups in total. The van der Waals surface area contributed by atoms with Crippen LogP contribution in [0.5, 0.6) is 0 Å². The fourth-order valence-corrected chi connectivity index (χ4v) is 1.25. The second-order valence-electron chi connectivity index (χ2n) is 4.01. The average molecular weight is 230 g/mol. The quantitative estimate of drug-likeness (QED) is 0.670. The van der Waals surface area contributed by atoms with Gasteiger partial charge in [0.15, 0.2) is 0 Å². The van der Waals surface area contributed by atoms with Gasteiger partial charge in [-0.05, 0) is 12.8 Å². The molecule has 0 saturated heterocycles. The Balaban J connectivity index is 4.27. The molecular weight excluding hydrogens is 208 g/mol. The number of methoxy groups -OCH3 is 1. The molecule has 1 amide bonds. The van der Waals surface area contributed by atoms with Crippen LogP contribution in [-0.4, -0.2) is 43.0 Å². The standard InChI is InChI=1S/C11H22N2O3/c1-5-13(7-6-9(14)16-4)11(15)10(12)8(2)3/h8,10H,5-7,12H2,1-4H3/t10-/m0/s1. The Hall–Kier alpha value is -1.10. The highest BCUT2D eigenvalue weighted by Crippen LogP contribution is 2.04. The number of hydrogen-bond acceptors (Lipinski definition) is 4. The molecule has 0 aliphatic heterocycles. The van der Waals surface area contributed by atoms with E-state index in [2.05, 4.69) is 4.74 Å². The molecule has 1 atom stereocenters. The van der Waals surface area contributed by atoms with Gasteiger partial charge in [-0.25, -0.2) is 0 Å². The molecule has 0 heterocycles. The van der Waals surface area contributed by atoms with E-state index in [0.717, 1.165) is 0 Å². The predicted octanol–water partition coefficient (Wildman–Crippen LogP) is 0.381. The molecule has 94 valence electrons. The summed E-state index contributed by atoms with van der Waals surface area (Å²) >= 11 is 0. The Morgan fingerprint density at radius 1 is 1.38 bits per heavy atom. The Morgan fingerprint density at radius 2 is 1.94 bits per heavy atom. The molecule has 0 radical (unpaired) electrons. The Morgan fingerprint density at radius 3 is 2.31 bits per heavy atom. The van der Waals surface area contributed by atoms with Gasteiger partial charge in [-0.1, -0.05) is 13.8 Å². The molecule has 5 nitrogen and oxygen atoms in total. The summed E-state index contributed by atoms with van der Waals surface area (Å²) < 4.78 is 4.52. The molecule has 0 aromatic carbocycles. The molecule has 0 aromatic rings. The largest absolute Gasteiger partial charge is 0.469 e. The van der Waals surface area contributed by atoms with Gasteiger partial charge in [0.25, 0.3) is 0 Å². The molecule has 0 saturated carbocycles. The van der Waals surface area contributed by atoms with Gasteiger partial charge in [0.1, 0.15) is 0 Å². The SMILES string of the molecule is CCN(CCC(=O)OC)C(=O)[C@@H](N)C(C)C. The first-order valence-corrected chi connectivity index (χ1v) is 5.55. The molecule has 0 aromatic heterocycles. The van der Waals surface area contributed by atoms with Crippen molar-refractivity contribution >= 4 is 11.9 Å². The number of nitrogens with zero attached hydrogens (tertiary/aromatic N) is 1. The van der Waals surface area contributed by atoms with E-state index in [-0.39, 0.29) is 24.2 Å². The molecule has 0 spiro atoms. The van der Waals surface area contributed by atoms with Crippen molar-refractivity contribution in [2.24, 2.45) is 11.7 Å². The molecule has 0 rings (SSSR count). The summed E-state index contributed by atoms with van der Waals surface area (Å²) in [5.74, 6) is -0.328. The zero-order chi connectivity index (χ0) is 12.7. The van der Waals surface area contributed by atoms with E-state index in [0.29, 0.717) is 13.1 Å². The maximum absolute atomic E-state index is 11.9. The van der Waals surface area contributed by atoms with Crippen molar-refractivity contribution in [3.63, 3.8) is 0 Å². The van der Waals surface area contributed by atoms with Crippen LogP contribution in [0.4, 0.5) is 0 Å². The third kappa shape index (κ3) is 4.61. The van der Waals surface area contributed by atoms with Crippen molar-refractivity contribution in [1.29, 1.82) is 0 Å². The van der Waals surface area contributed by atoms with Gasteiger partial charge in [-0.3, -0.25) is 9.59 Å². The van der Waals surface area contributed by atoms with E-state index >= 15 is 0 Å². The fourth-order valence-electron chi connectivity index (χ4n) is 1.25. The van der Waals surface area contributed by atoms with Crippen molar-refractivity contribution in [1.82, 2.24) is 4.90 Å². The molecule has 5 heteroatoms. The van der Waals surface area contributed by atoms with Gasteiger partial charge in [0, 0.05) is 13.1 Å². The van der Waals surface area contributed by atoms with Crippen molar-refractivity contribution < 1.29 is 14.3 Å². The first-order chi connectivity index (χ1) is 7.43. The number of likely N-dealkylation sites (N-methyl/N-ethyl adjacent to an activating group) is 1. The van der Waals surface area contributed by atoms with Gasteiger partial charge < -0.3 is 15.4 Å². The first kappa shape index (κ1) is 14.9. The number of amides is 1. The molecule has 0 aliphatic rings. The Kier molecular flexibility index (Phi) is 6.72. The number of carbonyl (C=O) groups excluding carboxylic acids is 2. The van der Waals surface area contributed by atoms with Crippen LogP contribution in [0.2, 0.25) is 0 Å². The lowest BCUT2D eigenvalue weighted by Crippen LogP contribution is -2.47. The van der Waals surface area contributed by atoms with Gasteiger partial charge in [-0.15, -0.1) is 0 Å². The van der Waals surface area contributed by atoms with Crippen LogP contribution in [0.3, 0.4) is 0 Å². The molecule has 0 unspecified atom stereocenters. The number of ether oxygens (including phenoxy) is 1. The summed E-state index contributed by atoms with van der Waals surface area (Å²) in [6, 6.07) is -0.502. The number of esters is 1. The van der Waals surface area contributed by atoms with E-state index in [9.17, 15) is 9.59 Å². The molecule has 16 heavy (non-hydrogen) atoms. The van der Waals surface area contributed by atoms with Crippen LogP contribution in [0, 0.1) is 5.92 Å². The normalized spacial score (nSPS) is 12.4. The van der Waals surface area contributed by atoms with Crippen molar-refractivity contribution in [3.05, 3.63) is 0 Å². The van der Waals surface area contributed by atoms with Gasteiger partial charge >= 0.3 is 5.97 Å². The Labute approximate surface area is 96.9 Å². The van der Waals surface area contributed by atoms with E-state index in [1.807, 2.05) is 20.8 Å². The van der Waals surface area contributed by atoms with Crippen LogP contribution in [0.1, 0.15) is 27.2 Å². The minimum absolute atomic E-state index is 0.0969. The van der Waals surface area contributed by atoms with Crippen LogP contribution in [0.15, 0.2) is 0 Å². The summed E-state index contributed by atoms with van der Waals surface area (Å²) in [5.41, 5.74) is 5.77. The zero-order valence-electron chi connectivity index (χ0n) is 10.5. The summed E-state index contributed by atoms with van der Waals surface area (Å²) in [6.07, 6.45) is 0.209. The summed E-state index contributed by atoms with van der Waals surface area (Å²) in [6.45, 7) is 6.58. The number of carbonyl (C=O) groups is 2. The lowest BCUT2D eigenvalue weighted by atomic mass is 10.0. The lowest BCUT2D eigenvalue weighted by Gasteiger charge is -2.25. The van der Waals surface area contributed by atoms with E-state index in [1.165, 1.54) is 7.11 Å². The van der Waals surface area contributed by atoms with Gasteiger partial charge in [0.2, 0.25) is 5.91 Å². The third-order valence-corrected chi connectivity index (χ3v) is 2.51. The van der Waals surface area contributed by atoms with Crippen LogP contribution in [-0.2, 0) is 14.3 Å². The topological polar surface area (TPSA) is 72.6 Å². The Bertz CT molecular complexity index is 241. The number of nitrogens with two attached hydrogens (primary N) is 1. The predicted molar refractivity (Wildman–Crippen MR) is 61.7 cm³/mol. The number of hydrogen-bond donors (Lipinski definition) is 1. The second-order valence-corrected chi connectivity index (χ2v) is 4.01. The van der Waals surface area contributed by atoms with Crippen LogP contribution < -0.4 is 5.73 Å². The minimum Gasteiger partial charge on any atom is -0.469 e. The summed E-state index contributed by atoms with van der Waals surface area (Å²) in [5, 5.41) is 0. The highest BCUT2D eigenvalue weighted by atomic mass is 16.5. The second kappa shape index (κ2) is 7.22. The van der Waals surface area contributed by atoms with Gasteiger partial charge in [-0.2, -0.15) is 0 Å². The zero-order valence-corrected chi connectivity index (χ0v) is 10.5. The van der Waals surface area contributed by atoms with Crippen molar-refractivity contribution in [2.45, 2.75) is 33.2 Å². The lowest BCUT2D eigenvalue weighted by molar-refractivity contribution is -0.142. The highest BCUT2D eigenvalue weighted by molar-refractivity contribution is 5.82. The van der Waals surface area contributed by atoms with E-state index in [1.54, 1.807) is 4.90 Å². The monoisotopic (exact) mass is 230 g/mol. The molecule has 0 bridgehead atoms. The third-order valence-electron chi connectivity index (χ3n) is 2.51. The van der Waals surface area contributed by atoms with Gasteiger partial charge in [0.05, 0.1) is 19.6 Å². The van der Waals surface area contributed by atoms with E-state index in [4.69, 9.17) is 5.73 Å². The number of rotatable bonds is 6. The maximum Gasteiger partial charge on any atom is 0.307 e. The minimum atomic E-state index is -0.502. The fraction of sp³-hybridized carbons (Fsp3) is 0.818.